The van der Waals surface area contributed by atoms with E-state index in [-0.39, 0.29) is 11.3 Å². The van der Waals surface area contributed by atoms with Gasteiger partial charge in [-0.1, -0.05) is 0 Å². The van der Waals surface area contributed by atoms with Crippen LogP contribution < -0.4 is 4.74 Å². The number of nitrogens with zero attached hydrogens (tertiary/aromatic N) is 3. The Labute approximate surface area is 141 Å². The molecule has 132 valence electrons. The standard InChI is InChI=1S/C17H15F4N3O/c1-23-8-3-4-13(17(19,20)21)16(23)24-9-7-15(22-24)12-6-5-11(25-2)10-14(12)18/h3-10,16H,1-2H3. The summed E-state index contributed by atoms with van der Waals surface area (Å²) in [5, 5.41) is 4.15. The fourth-order valence-electron chi connectivity index (χ4n) is 2.69. The molecule has 2 heterocycles. The van der Waals surface area contributed by atoms with Crippen LogP contribution in [0.25, 0.3) is 11.3 Å². The molecule has 0 bridgehead atoms. The zero-order valence-corrected chi connectivity index (χ0v) is 13.5. The van der Waals surface area contributed by atoms with Crippen LogP contribution >= 0.6 is 0 Å². The van der Waals surface area contributed by atoms with Gasteiger partial charge in [0, 0.05) is 31.1 Å². The molecule has 1 aromatic heterocycles. The zero-order chi connectivity index (χ0) is 18.2. The van der Waals surface area contributed by atoms with Gasteiger partial charge < -0.3 is 9.64 Å². The van der Waals surface area contributed by atoms with Gasteiger partial charge in [0.05, 0.1) is 18.4 Å². The van der Waals surface area contributed by atoms with Gasteiger partial charge in [-0.3, -0.25) is 0 Å². The molecule has 0 radical (unpaired) electrons. The average Bonchev–Trinajstić information content (AvgIpc) is 3.02. The minimum atomic E-state index is -4.50. The van der Waals surface area contributed by atoms with Crippen LogP contribution in [0.15, 0.2) is 54.4 Å². The molecule has 2 aromatic rings. The molecule has 0 fully saturated rings. The lowest BCUT2D eigenvalue weighted by Crippen LogP contribution is -2.34. The zero-order valence-electron chi connectivity index (χ0n) is 13.5. The van der Waals surface area contributed by atoms with Crippen molar-refractivity contribution in [3.05, 3.63) is 60.2 Å². The lowest BCUT2D eigenvalue weighted by molar-refractivity contribution is -0.105. The van der Waals surface area contributed by atoms with Crippen molar-refractivity contribution < 1.29 is 22.3 Å². The predicted molar refractivity (Wildman–Crippen MR) is 84.3 cm³/mol. The molecular formula is C17H15F4N3O. The molecule has 25 heavy (non-hydrogen) atoms. The van der Waals surface area contributed by atoms with Gasteiger partial charge >= 0.3 is 6.18 Å². The number of hydrogen-bond acceptors (Lipinski definition) is 3. The number of alkyl halides is 3. The number of ether oxygens (including phenoxy) is 1. The molecule has 0 amide bonds. The van der Waals surface area contributed by atoms with Gasteiger partial charge in [-0.25, -0.2) is 9.07 Å². The minimum absolute atomic E-state index is 0.186. The quantitative estimate of drug-likeness (QED) is 0.777. The Morgan fingerprint density at radius 2 is 1.96 bits per heavy atom. The third kappa shape index (κ3) is 3.24. The first-order valence-corrected chi connectivity index (χ1v) is 7.38. The number of allylic oxidation sites excluding steroid dienone is 2. The predicted octanol–water partition coefficient (Wildman–Crippen LogP) is 4.14. The smallest absolute Gasteiger partial charge is 0.416 e. The van der Waals surface area contributed by atoms with E-state index < -0.39 is 23.7 Å². The topological polar surface area (TPSA) is 30.3 Å². The van der Waals surface area contributed by atoms with Crippen LogP contribution in [0.2, 0.25) is 0 Å². The molecule has 4 nitrogen and oxygen atoms in total. The third-order valence-corrected chi connectivity index (χ3v) is 3.90. The first-order valence-electron chi connectivity index (χ1n) is 7.38. The number of hydrogen-bond donors (Lipinski definition) is 0. The third-order valence-electron chi connectivity index (χ3n) is 3.90. The summed E-state index contributed by atoms with van der Waals surface area (Å²) in [7, 11) is 2.94. The van der Waals surface area contributed by atoms with Gasteiger partial charge in [0.25, 0.3) is 0 Å². The van der Waals surface area contributed by atoms with Crippen LogP contribution in [0, 0.1) is 5.82 Å². The molecule has 0 N–H and O–H groups in total. The second kappa shape index (κ2) is 6.27. The molecule has 0 saturated carbocycles. The average molecular weight is 353 g/mol. The Hall–Kier alpha value is -2.77. The van der Waals surface area contributed by atoms with Gasteiger partial charge in [0.2, 0.25) is 0 Å². The Morgan fingerprint density at radius 1 is 1.20 bits per heavy atom. The van der Waals surface area contributed by atoms with E-state index in [1.807, 2.05) is 0 Å². The number of benzene rings is 1. The summed E-state index contributed by atoms with van der Waals surface area (Å²) < 4.78 is 60.1. The summed E-state index contributed by atoms with van der Waals surface area (Å²) in [5.41, 5.74) is -0.321. The van der Waals surface area contributed by atoms with Crippen molar-refractivity contribution in [2.24, 2.45) is 0 Å². The van der Waals surface area contributed by atoms with E-state index in [1.165, 1.54) is 60.4 Å². The van der Waals surface area contributed by atoms with E-state index in [0.29, 0.717) is 5.75 Å². The van der Waals surface area contributed by atoms with Crippen molar-refractivity contribution in [2.75, 3.05) is 14.2 Å². The van der Waals surface area contributed by atoms with Crippen molar-refractivity contribution >= 4 is 0 Å². The van der Waals surface area contributed by atoms with E-state index in [2.05, 4.69) is 5.10 Å². The summed E-state index contributed by atoms with van der Waals surface area (Å²) in [6, 6.07) is 5.72. The van der Waals surface area contributed by atoms with E-state index in [4.69, 9.17) is 4.74 Å². The Balaban J connectivity index is 1.98. The number of rotatable bonds is 3. The maximum Gasteiger partial charge on any atom is 0.416 e. The Kier molecular flexibility index (Phi) is 4.28. The van der Waals surface area contributed by atoms with Crippen molar-refractivity contribution in [3.63, 3.8) is 0 Å². The highest BCUT2D eigenvalue weighted by Crippen LogP contribution is 2.38. The normalized spacial score (nSPS) is 17.6. The van der Waals surface area contributed by atoms with Gasteiger partial charge in [-0.2, -0.15) is 18.3 Å². The molecule has 8 heteroatoms. The summed E-state index contributed by atoms with van der Waals surface area (Å²) >= 11 is 0. The molecule has 0 saturated heterocycles. The van der Waals surface area contributed by atoms with E-state index in [1.54, 1.807) is 6.07 Å². The molecule has 1 unspecified atom stereocenters. The second-order valence-electron chi connectivity index (χ2n) is 5.53. The number of aromatic nitrogens is 2. The number of halogens is 4. The molecule has 0 spiro atoms. The fraction of sp³-hybridized carbons (Fsp3) is 0.235. The molecule has 3 rings (SSSR count). The van der Waals surface area contributed by atoms with Crippen LogP contribution in [-0.4, -0.2) is 35.0 Å². The first-order chi connectivity index (χ1) is 11.8. The lowest BCUT2D eigenvalue weighted by Gasteiger charge is -2.32. The number of likely N-dealkylation sites (N-methyl/N-ethyl adjacent to an activating group) is 1. The Bertz CT molecular complexity index is 839. The van der Waals surface area contributed by atoms with Gasteiger partial charge in [0.1, 0.15) is 11.6 Å². The Morgan fingerprint density at radius 3 is 2.60 bits per heavy atom. The highest BCUT2D eigenvalue weighted by Gasteiger charge is 2.42. The molecule has 1 aliphatic heterocycles. The van der Waals surface area contributed by atoms with Crippen LogP contribution in [0.1, 0.15) is 6.17 Å². The SMILES string of the molecule is COc1ccc(-c2ccn(C3C(C(F)(F)F)=CC=CN3C)n2)c(F)c1. The summed E-state index contributed by atoms with van der Waals surface area (Å²) in [6.07, 6.45) is -0.387. The van der Waals surface area contributed by atoms with Crippen molar-refractivity contribution in [1.29, 1.82) is 0 Å². The highest BCUT2D eigenvalue weighted by atomic mass is 19.4. The molecular weight excluding hydrogens is 338 g/mol. The maximum absolute atomic E-state index is 14.2. The van der Waals surface area contributed by atoms with E-state index in [9.17, 15) is 17.6 Å². The largest absolute Gasteiger partial charge is 0.497 e. The monoisotopic (exact) mass is 353 g/mol. The van der Waals surface area contributed by atoms with Crippen molar-refractivity contribution in [2.45, 2.75) is 12.3 Å². The van der Waals surface area contributed by atoms with E-state index in [0.717, 1.165) is 6.08 Å². The van der Waals surface area contributed by atoms with Crippen molar-refractivity contribution in [1.82, 2.24) is 14.7 Å². The number of methoxy groups -OCH3 is 1. The summed E-state index contributed by atoms with van der Waals surface area (Å²) in [5.74, 6) is -0.215. The van der Waals surface area contributed by atoms with Crippen LogP contribution in [0.5, 0.6) is 5.75 Å². The second-order valence-corrected chi connectivity index (χ2v) is 5.53. The molecule has 1 aromatic carbocycles. The first kappa shape index (κ1) is 17.1. The summed E-state index contributed by atoms with van der Waals surface area (Å²) in [6.45, 7) is 0. The molecule has 0 aliphatic carbocycles. The van der Waals surface area contributed by atoms with E-state index >= 15 is 0 Å². The fourth-order valence-corrected chi connectivity index (χ4v) is 2.69. The minimum Gasteiger partial charge on any atom is -0.497 e. The molecule has 1 aliphatic rings. The van der Waals surface area contributed by atoms with Crippen LogP contribution in [0.3, 0.4) is 0 Å². The maximum atomic E-state index is 14.2. The van der Waals surface area contributed by atoms with Gasteiger partial charge in [0.15, 0.2) is 6.17 Å². The summed E-state index contributed by atoms with van der Waals surface area (Å²) in [4.78, 5) is 1.39. The highest BCUT2D eigenvalue weighted by molar-refractivity contribution is 5.60. The van der Waals surface area contributed by atoms with Crippen molar-refractivity contribution in [3.8, 4) is 17.0 Å². The lowest BCUT2D eigenvalue weighted by atomic mass is 10.1. The van der Waals surface area contributed by atoms with Gasteiger partial charge in [-0.15, -0.1) is 0 Å². The van der Waals surface area contributed by atoms with Crippen LogP contribution in [-0.2, 0) is 0 Å². The van der Waals surface area contributed by atoms with Crippen LogP contribution in [0.4, 0.5) is 17.6 Å². The van der Waals surface area contributed by atoms with Gasteiger partial charge in [-0.05, 0) is 30.4 Å². The molecule has 1 atom stereocenters.